The molecule has 0 saturated heterocycles. The van der Waals surface area contributed by atoms with Crippen molar-refractivity contribution in [1.29, 1.82) is 0 Å². The topological polar surface area (TPSA) is 12.0 Å². The highest BCUT2D eigenvalue weighted by molar-refractivity contribution is 6.44. The second kappa shape index (κ2) is 2.60. The van der Waals surface area contributed by atoms with Gasteiger partial charge in [0.1, 0.15) is 0 Å². The molecule has 0 aliphatic rings. The third kappa shape index (κ3) is 2.28. The standard InChI is InChI=1S/C6H16ClNSi/c1-5(2,3)6(7,9)8-4/h8H,1-4,9H3. The van der Waals surface area contributed by atoms with Gasteiger partial charge >= 0.3 is 0 Å². The molecule has 0 aliphatic carbocycles. The Bertz CT molecular complexity index is 95.7. The summed E-state index contributed by atoms with van der Waals surface area (Å²) in [6.45, 7) is 6.43. The minimum Gasteiger partial charge on any atom is -0.305 e. The van der Waals surface area contributed by atoms with E-state index >= 15 is 0 Å². The van der Waals surface area contributed by atoms with Crippen LogP contribution in [0.2, 0.25) is 0 Å². The van der Waals surface area contributed by atoms with Crippen LogP contribution < -0.4 is 5.32 Å². The van der Waals surface area contributed by atoms with Crippen LogP contribution in [-0.2, 0) is 0 Å². The molecule has 1 N–H and O–H groups in total. The highest BCUT2D eigenvalue weighted by atomic mass is 35.5. The first-order chi connectivity index (χ1) is 3.81. The summed E-state index contributed by atoms with van der Waals surface area (Å²) in [6.07, 6.45) is 0. The highest BCUT2D eigenvalue weighted by Crippen LogP contribution is 2.30. The molecular weight excluding hydrogens is 150 g/mol. The van der Waals surface area contributed by atoms with Crippen molar-refractivity contribution in [2.24, 2.45) is 5.41 Å². The molecule has 0 aliphatic heterocycles. The predicted octanol–water partition coefficient (Wildman–Crippen LogP) is 0.510. The van der Waals surface area contributed by atoms with Gasteiger partial charge in [0.15, 0.2) is 0 Å². The summed E-state index contributed by atoms with van der Waals surface area (Å²) >= 11 is 6.15. The lowest BCUT2D eigenvalue weighted by atomic mass is 9.96. The Balaban J connectivity index is 4.14. The van der Waals surface area contributed by atoms with Gasteiger partial charge in [-0.25, -0.2) is 0 Å². The van der Waals surface area contributed by atoms with Gasteiger partial charge in [0, 0.05) is 10.2 Å². The van der Waals surface area contributed by atoms with Crippen LogP contribution in [0.5, 0.6) is 0 Å². The molecule has 56 valence electrons. The van der Waals surface area contributed by atoms with Crippen molar-refractivity contribution in [3.63, 3.8) is 0 Å². The van der Waals surface area contributed by atoms with E-state index in [1.54, 1.807) is 0 Å². The van der Waals surface area contributed by atoms with E-state index in [-0.39, 0.29) is 10.0 Å². The summed E-state index contributed by atoms with van der Waals surface area (Å²) < 4.78 is -0.160. The molecule has 0 aromatic rings. The first-order valence-corrected chi connectivity index (χ1v) is 4.57. The van der Waals surface area contributed by atoms with Crippen molar-refractivity contribution >= 4 is 21.8 Å². The SMILES string of the molecule is CNC([SiH3])(Cl)C(C)(C)C. The molecule has 0 radical (unpaired) electrons. The lowest BCUT2D eigenvalue weighted by Gasteiger charge is -2.36. The maximum Gasteiger partial charge on any atom is 0.0769 e. The van der Waals surface area contributed by atoms with Gasteiger partial charge in [-0.15, -0.1) is 11.6 Å². The fraction of sp³-hybridized carbons (Fsp3) is 1.00. The van der Waals surface area contributed by atoms with Gasteiger partial charge < -0.3 is 5.32 Å². The summed E-state index contributed by atoms with van der Waals surface area (Å²) in [6, 6.07) is 0. The van der Waals surface area contributed by atoms with Crippen molar-refractivity contribution in [1.82, 2.24) is 5.32 Å². The number of hydrogen-bond donors (Lipinski definition) is 1. The largest absolute Gasteiger partial charge is 0.305 e. The number of rotatable bonds is 1. The van der Waals surface area contributed by atoms with Crippen LogP contribution in [0.3, 0.4) is 0 Å². The zero-order valence-electron chi connectivity index (χ0n) is 6.88. The maximum absolute atomic E-state index is 6.15. The normalized spacial score (nSPS) is 19.7. The molecule has 0 saturated carbocycles. The van der Waals surface area contributed by atoms with Crippen LogP contribution in [-0.4, -0.2) is 21.9 Å². The fourth-order valence-corrected chi connectivity index (χ4v) is 0.375. The van der Waals surface area contributed by atoms with Crippen molar-refractivity contribution < 1.29 is 0 Å². The zero-order valence-corrected chi connectivity index (χ0v) is 9.63. The zero-order chi connectivity index (χ0) is 7.71. The molecule has 0 bridgehead atoms. The van der Waals surface area contributed by atoms with Crippen LogP contribution in [0.1, 0.15) is 20.8 Å². The van der Waals surface area contributed by atoms with Crippen molar-refractivity contribution in [3.05, 3.63) is 0 Å². The fourth-order valence-electron chi connectivity index (χ4n) is 0.375. The lowest BCUT2D eigenvalue weighted by Crippen LogP contribution is -2.48. The van der Waals surface area contributed by atoms with Crippen molar-refractivity contribution in [2.45, 2.75) is 25.4 Å². The molecule has 0 aromatic carbocycles. The van der Waals surface area contributed by atoms with E-state index in [4.69, 9.17) is 11.6 Å². The van der Waals surface area contributed by atoms with E-state index in [9.17, 15) is 0 Å². The highest BCUT2D eigenvalue weighted by Gasteiger charge is 2.32. The summed E-state index contributed by atoms with van der Waals surface area (Å²) in [7, 11) is 2.87. The molecule has 1 nitrogen and oxygen atoms in total. The van der Waals surface area contributed by atoms with E-state index in [2.05, 4.69) is 26.1 Å². The van der Waals surface area contributed by atoms with Gasteiger partial charge in [0.2, 0.25) is 0 Å². The first kappa shape index (κ1) is 9.47. The molecule has 0 fully saturated rings. The number of nitrogens with one attached hydrogen (secondary N) is 1. The van der Waals surface area contributed by atoms with Crippen LogP contribution in [0.25, 0.3) is 0 Å². The van der Waals surface area contributed by atoms with Crippen molar-refractivity contribution in [3.8, 4) is 0 Å². The minimum absolute atomic E-state index is 0.160. The smallest absolute Gasteiger partial charge is 0.0769 e. The second-order valence-electron chi connectivity index (χ2n) is 3.50. The number of alkyl halides is 1. The van der Waals surface area contributed by atoms with E-state index in [1.807, 2.05) is 7.05 Å². The molecule has 1 unspecified atom stereocenters. The average Bonchev–Trinajstić information content (AvgIpc) is 1.64. The second-order valence-corrected chi connectivity index (χ2v) is 6.39. The van der Waals surface area contributed by atoms with Gasteiger partial charge in [-0.2, -0.15) is 0 Å². The number of hydrogen-bond acceptors (Lipinski definition) is 1. The molecule has 0 amide bonds. The minimum atomic E-state index is -0.160. The van der Waals surface area contributed by atoms with E-state index < -0.39 is 0 Å². The third-order valence-corrected chi connectivity index (χ3v) is 4.63. The predicted molar refractivity (Wildman–Crippen MR) is 47.0 cm³/mol. The quantitative estimate of drug-likeness (QED) is 0.339. The van der Waals surface area contributed by atoms with Gasteiger partial charge in [0.25, 0.3) is 0 Å². The molecular formula is C6H16ClNSi. The summed E-state index contributed by atoms with van der Waals surface area (Å²) in [4.78, 5) is 0. The van der Waals surface area contributed by atoms with Crippen LogP contribution in [0, 0.1) is 5.41 Å². The Kier molecular flexibility index (Phi) is 2.74. The molecule has 0 rings (SSSR count). The summed E-state index contributed by atoms with van der Waals surface area (Å²) in [5, 5.41) is 3.11. The number of halogens is 1. The monoisotopic (exact) mass is 165 g/mol. The Morgan fingerprint density at radius 2 is 1.67 bits per heavy atom. The van der Waals surface area contributed by atoms with Gasteiger partial charge in [0.05, 0.1) is 4.62 Å². The summed E-state index contributed by atoms with van der Waals surface area (Å²) in [5.74, 6) is 0. The van der Waals surface area contributed by atoms with E-state index in [0.717, 1.165) is 10.2 Å². The maximum atomic E-state index is 6.15. The Hall–Kier alpha value is 0.467. The lowest BCUT2D eigenvalue weighted by molar-refractivity contribution is 0.321. The van der Waals surface area contributed by atoms with E-state index in [1.165, 1.54) is 0 Å². The average molecular weight is 166 g/mol. The van der Waals surface area contributed by atoms with Crippen LogP contribution in [0.15, 0.2) is 0 Å². The first-order valence-electron chi connectivity index (χ1n) is 3.19. The molecule has 0 spiro atoms. The van der Waals surface area contributed by atoms with Gasteiger partial charge in [-0.3, -0.25) is 0 Å². The third-order valence-electron chi connectivity index (χ3n) is 1.88. The van der Waals surface area contributed by atoms with Crippen LogP contribution >= 0.6 is 11.6 Å². The Morgan fingerprint density at radius 3 is 1.67 bits per heavy atom. The molecule has 1 atom stereocenters. The Morgan fingerprint density at radius 1 is 1.33 bits per heavy atom. The molecule has 3 heteroatoms. The molecule has 0 aromatic heterocycles. The Labute approximate surface area is 65.6 Å². The van der Waals surface area contributed by atoms with E-state index in [0.29, 0.717) is 0 Å². The van der Waals surface area contributed by atoms with Gasteiger partial charge in [-0.1, -0.05) is 20.8 Å². The molecule has 9 heavy (non-hydrogen) atoms. The van der Waals surface area contributed by atoms with Gasteiger partial charge in [-0.05, 0) is 12.5 Å². The van der Waals surface area contributed by atoms with Crippen molar-refractivity contribution in [2.75, 3.05) is 7.05 Å². The molecule has 0 heterocycles. The summed E-state index contributed by atoms with van der Waals surface area (Å²) in [5.41, 5.74) is 0.162. The van der Waals surface area contributed by atoms with Crippen LogP contribution in [0.4, 0.5) is 0 Å².